The van der Waals surface area contributed by atoms with Crippen LogP contribution in [0, 0.1) is 5.41 Å². The molecule has 1 aromatic rings. The van der Waals surface area contributed by atoms with Crippen LogP contribution >= 0.6 is 0 Å². The van der Waals surface area contributed by atoms with Crippen LogP contribution in [0.15, 0.2) is 6.20 Å². The van der Waals surface area contributed by atoms with Crippen molar-refractivity contribution in [2.24, 2.45) is 12.5 Å². The highest BCUT2D eigenvalue weighted by atomic mass is 16.4. The Labute approximate surface area is 103 Å². The molecule has 4 nitrogen and oxygen atoms in total. The molecule has 0 fully saturated rings. The summed E-state index contributed by atoms with van der Waals surface area (Å²) in [4.78, 5) is 11.2. The first-order valence-corrected chi connectivity index (χ1v) is 5.80. The highest BCUT2D eigenvalue weighted by Gasteiger charge is 2.31. The third-order valence-electron chi connectivity index (χ3n) is 2.83. The van der Waals surface area contributed by atoms with Gasteiger partial charge in [-0.1, -0.05) is 20.8 Å². The number of aryl methyl sites for hydroxylation is 1. The Balaban J connectivity index is 3.12. The number of rotatable bonds is 3. The number of hydrogen-bond acceptors (Lipinski definition) is 2. The molecule has 1 rings (SSSR count). The van der Waals surface area contributed by atoms with Crippen molar-refractivity contribution >= 4 is 5.97 Å². The van der Waals surface area contributed by atoms with E-state index in [1.165, 1.54) is 0 Å². The molecule has 0 atom stereocenters. The van der Waals surface area contributed by atoms with Crippen LogP contribution in [0.2, 0.25) is 0 Å². The van der Waals surface area contributed by atoms with E-state index in [1.807, 2.05) is 13.2 Å². The SMILES string of the molecule is Cn1cc(CC(C)(C)C(=O)O)c(C(C)(C)C)n1. The van der Waals surface area contributed by atoms with E-state index in [0.29, 0.717) is 6.42 Å². The normalized spacial score (nSPS) is 12.8. The molecule has 0 aliphatic heterocycles. The molecule has 1 aromatic heterocycles. The smallest absolute Gasteiger partial charge is 0.309 e. The average Bonchev–Trinajstić information content (AvgIpc) is 2.44. The molecule has 0 aliphatic carbocycles. The number of carbonyl (C=O) groups is 1. The Morgan fingerprint density at radius 2 is 1.88 bits per heavy atom. The predicted molar refractivity (Wildman–Crippen MR) is 67.0 cm³/mol. The lowest BCUT2D eigenvalue weighted by atomic mass is 9.81. The van der Waals surface area contributed by atoms with Gasteiger partial charge in [-0.05, 0) is 25.8 Å². The highest BCUT2D eigenvalue weighted by Crippen LogP contribution is 2.29. The minimum Gasteiger partial charge on any atom is -0.481 e. The fourth-order valence-corrected chi connectivity index (χ4v) is 1.85. The van der Waals surface area contributed by atoms with Crippen molar-refractivity contribution in [2.75, 3.05) is 0 Å². The van der Waals surface area contributed by atoms with E-state index < -0.39 is 11.4 Å². The van der Waals surface area contributed by atoms with E-state index >= 15 is 0 Å². The lowest BCUT2D eigenvalue weighted by molar-refractivity contribution is -0.146. The van der Waals surface area contributed by atoms with E-state index in [9.17, 15) is 9.90 Å². The van der Waals surface area contributed by atoms with E-state index in [0.717, 1.165) is 11.3 Å². The van der Waals surface area contributed by atoms with Crippen molar-refractivity contribution in [1.82, 2.24) is 9.78 Å². The summed E-state index contributed by atoms with van der Waals surface area (Å²) in [5, 5.41) is 13.6. The van der Waals surface area contributed by atoms with Crippen molar-refractivity contribution in [3.8, 4) is 0 Å². The molecule has 0 saturated heterocycles. The summed E-state index contributed by atoms with van der Waals surface area (Å²) in [7, 11) is 1.87. The summed E-state index contributed by atoms with van der Waals surface area (Å²) in [5.74, 6) is -0.777. The van der Waals surface area contributed by atoms with Crippen LogP contribution in [0.25, 0.3) is 0 Å². The lowest BCUT2D eigenvalue weighted by Gasteiger charge is -2.22. The molecule has 1 N–H and O–H groups in total. The number of aliphatic carboxylic acids is 1. The van der Waals surface area contributed by atoms with Gasteiger partial charge in [-0.3, -0.25) is 9.48 Å². The maximum atomic E-state index is 11.2. The van der Waals surface area contributed by atoms with Gasteiger partial charge in [0.05, 0.1) is 11.1 Å². The number of carboxylic acids is 1. The van der Waals surface area contributed by atoms with Gasteiger partial charge in [0.15, 0.2) is 0 Å². The molecule has 0 saturated carbocycles. The van der Waals surface area contributed by atoms with Gasteiger partial charge >= 0.3 is 5.97 Å². The van der Waals surface area contributed by atoms with Crippen molar-refractivity contribution in [2.45, 2.75) is 46.5 Å². The van der Waals surface area contributed by atoms with Crippen LogP contribution in [0.4, 0.5) is 0 Å². The minimum atomic E-state index is -0.777. The summed E-state index contributed by atoms with van der Waals surface area (Å²) in [6.07, 6.45) is 2.42. The Morgan fingerprint density at radius 1 is 1.35 bits per heavy atom. The molecular formula is C13H22N2O2. The van der Waals surface area contributed by atoms with E-state index in [-0.39, 0.29) is 5.41 Å². The molecule has 17 heavy (non-hydrogen) atoms. The first-order chi connectivity index (χ1) is 7.54. The minimum absolute atomic E-state index is 0.0643. The molecule has 0 unspecified atom stereocenters. The van der Waals surface area contributed by atoms with Crippen LogP contribution in [-0.4, -0.2) is 20.9 Å². The Kier molecular flexibility index (Phi) is 3.37. The quantitative estimate of drug-likeness (QED) is 0.879. The molecule has 0 radical (unpaired) electrons. The van der Waals surface area contributed by atoms with Crippen LogP contribution < -0.4 is 0 Å². The number of aromatic nitrogens is 2. The fraction of sp³-hybridized carbons (Fsp3) is 0.692. The summed E-state index contributed by atoms with van der Waals surface area (Å²) in [6.45, 7) is 9.76. The number of carboxylic acid groups (broad SMARTS) is 1. The van der Waals surface area contributed by atoms with E-state index in [2.05, 4.69) is 25.9 Å². The molecule has 0 bridgehead atoms. The standard InChI is InChI=1S/C13H22N2O2/c1-12(2,3)10-9(8-15(6)14-10)7-13(4,5)11(16)17/h8H,7H2,1-6H3,(H,16,17). The lowest BCUT2D eigenvalue weighted by Crippen LogP contribution is -2.27. The zero-order valence-corrected chi connectivity index (χ0v) is 11.5. The second kappa shape index (κ2) is 4.17. The van der Waals surface area contributed by atoms with E-state index in [1.54, 1.807) is 18.5 Å². The maximum absolute atomic E-state index is 11.2. The topological polar surface area (TPSA) is 55.1 Å². The molecule has 0 aromatic carbocycles. The first kappa shape index (κ1) is 13.7. The number of nitrogens with zero attached hydrogens (tertiary/aromatic N) is 2. The molecule has 0 spiro atoms. The van der Waals surface area contributed by atoms with Crippen molar-refractivity contribution < 1.29 is 9.90 Å². The van der Waals surface area contributed by atoms with Gasteiger partial charge in [-0.15, -0.1) is 0 Å². The van der Waals surface area contributed by atoms with Gasteiger partial charge in [-0.25, -0.2) is 0 Å². The molecule has 96 valence electrons. The summed E-state index contributed by atoms with van der Waals surface area (Å²) < 4.78 is 1.76. The molecule has 1 heterocycles. The monoisotopic (exact) mass is 238 g/mol. The molecule has 0 aliphatic rings. The van der Waals surface area contributed by atoms with Gasteiger partial charge in [0, 0.05) is 18.7 Å². The van der Waals surface area contributed by atoms with Gasteiger partial charge in [0.1, 0.15) is 0 Å². The van der Waals surface area contributed by atoms with Crippen LogP contribution in [0.3, 0.4) is 0 Å². The summed E-state index contributed by atoms with van der Waals surface area (Å²) in [6, 6.07) is 0. The average molecular weight is 238 g/mol. The molecule has 0 amide bonds. The maximum Gasteiger partial charge on any atom is 0.309 e. The Bertz CT molecular complexity index is 425. The third-order valence-corrected chi connectivity index (χ3v) is 2.83. The fourth-order valence-electron chi connectivity index (χ4n) is 1.85. The van der Waals surface area contributed by atoms with Crippen LogP contribution in [-0.2, 0) is 23.7 Å². The second-order valence-electron chi connectivity index (χ2n) is 6.29. The molecule has 4 heteroatoms. The van der Waals surface area contributed by atoms with Gasteiger partial charge < -0.3 is 5.11 Å². The highest BCUT2D eigenvalue weighted by molar-refractivity contribution is 5.74. The van der Waals surface area contributed by atoms with Gasteiger partial charge in [0.25, 0.3) is 0 Å². The Hall–Kier alpha value is -1.32. The second-order valence-corrected chi connectivity index (χ2v) is 6.29. The van der Waals surface area contributed by atoms with E-state index in [4.69, 9.17) is 0 Å². The van der Waals surface area contributed by atoms with Crippen LogP contribution in [0.5, 0.6) is 0 Å². The van der Waals surface area contributed by atoms with Crippen LogP contribution in [0.1, 0.15) is 45.9 Å². The zero-order chi connectivity index (χ0) is 13.4. The van der Waals surface area contributed by atoms with Crippen molar-refractivity contribution in [3.63, 3.8) is 0 Å². The van der Waals surface area contributed by atoms with Crippen molar-refractivity contribution in [1.29, 1.82) is 0 Å². The zero-order valence-electron chi connectivity index (χ0n) is 11.5. The Morgan fingerprint density at radius 3 is 2.29 bits per heavy atom. The predicted octanol–water partition coefficient (Wildman–Crippen LogP) is 2.37. The van der Waals surface area contributed by atoms with Crippen molar-refractivity contribution in [3.05, 3.63) is 17.5 Å². The number of hydrogen-bond donors (Lipinski definition) is 1. The summed E-state index contributed by atoms with van der Waals surface area (Å²) in [5.41, 5.74) is 1.18. The molecular weight excluding hydrogens is 216 g/mol. The first-order valence-electron chi connectivity index (χ1n) is 5.80. The van der Waals surface area contributed by atoms with Gasteiger partial charge in [0.2, 0.25) is 0 Å². The van der Waals surface area contributed by atoms with Gasteiger partial charge in [-0.2, -0.15) is 5.10 Å². The third kappa shape index (κ3) is 3.08. The summed E-state index contributed by atoms with van der Waals surface area (Å²) >= 11 is 0. The largest absolute Gasteiger partial charge is 0.481 e.